The Morgan fingerprint density at radius 3 is 2.23 bits per heavy atom. The number of hydrogen-bond donors (Lipinski definition) is 3. The molecule has 8 heteroatoms. The maximum atomic E-state index is 13.3. The van der Waals surface area contributed by atoms with E-state index in [1.54, 1.807) is 0 Å². The molecule has 0 bridgehead atoms. The number of aliphatic hydroxyl groups excluding tert-OH is 1. The molecular formula is C27H32N2O6. The van der Waals surface area contributed by atoms with Gasteiger partial charge in [0.25, 0.3) is 0 Å². The van der Waals surface area contributed by atoms with Crippen LogP contribution in [0.15, 0.2) is 48.5 Å². The van der Waals surface area contributed by atoms with E-state index < -0.39 is 36.0 Å². The first-order valence-electron chi connectivity index (χ1n) is 12.1. The molecule has 0 spiro atoms. The molecule has 1 saturated heterocycles. The number of amides is 2. The summed E-state index contributed by atoms with van der Waals surface area (Å²) < 4.78 is 5.62. The van der Waals surface area contributed by atoms with E-state index in [0.717, 1.165) is 22.3 Å². The Balaban J connectivity index is 1.44. The Kier molecular flexibility index (Phi) is 7.40. The van der Waals surface area contributed by atoms with E-state index in [1.165, 1.54) is 4.90 Å². The predicted molar refractivity (Wildman–Crippen MR) is 130 cm³/mol. The number of piperidine rings is 1. The second-order valence-corrected chi connectivity index (χ2v) is 9.50. The van der Waals surface area contributed by atoms with E-state index in [0.29, 0.717) is 6.42 Å². The van der Waals surface area contributed by atoms with Crippen LogP contribution in [0.4, 0.5) is 4.79 Å². The molecule has 35 heavy (non-hydrogen) atoms. The fourth-order valence-corrected chi connectivity index (χ4v) is 5.08. The third-order valence-corrected chi connectivity index (χ3v) is 7.19. The van der Waals surface area contributed by atoms with Gasteiger partial charge in [0.1, 0.15) is 12.6 Å². The number of carboxylic acid groups (broad SMARTS) is 1. The largest absolute Gasteiger partial charge is 0.481 e. The van der Waals surface area contributed by atoms with Crippen LogP contribution < -0.4 is 5.32 Å². The topological polar surface area (TPSA) is 116 Å². The smallest absolute Gasteiger partial charge is 0.407 e. The van der Waals surface area contributed by atoms with Gasteiger partial charge in [-0.2, -0.15) is 0 Å². The number of aliphatic hydroxyl groups is 1. The molecule has 3 N–H and O–H groups in total. The van der Waals surface area contributed by atoms with Gasteiger partial charge >= 0.3 is 12.1 Å². The van der Waals surface area contributed by atoms with Gasteiger partial charge in [-0.05, 0) is 34.6 Å². The molecule has 2 unspecified atom stereocenters. The SMILES string of the molecule is CC[C@H](C)[C@H](NC(=O)OCC1c2ccccc2-c2ccccc21)C(=O)N1CC(O)CC(C(=O)O)C1. The zero-order chi connectivity index (χ0) is 25.1. The fraction of sp³-hybridized carbons (Fsp3) is 0.444. The minimum atomic E-state index is -1.05. The van der Waals surface area contributed by atoms with Crippen molar-refractivity contribution >= 4 is 18.0 Å². The van der Waals surface area contributed by atoms with Crippen LogP contribution in [0.1, 0.15) is 43.7 Å². The van der Waals surface area contributed by atoms with Gasteiger partial charge < -0.3 is 25.2 Å². The lowest BCUT2D eigenvalue weighted by molar-refractivity contribution is -0.149. The summed E-state index contributed by atoms with van der Waals surface area (Å²) in [7, 11) is 0. The third kappa shape index (κ3) is 5.17. The number of benzene rings is 2. The van der Waals surface area contributed by atoms with Gasteiger partial charge in [-0.1, -0.05) is 68.8 Å². The number of fused-ring (bicyclic) bond motifs is 3. The molecule has 0 aromatic heterocycles. The molecule has 2 aromatic carbocycles. The van der Waals surface area contributed by atoms with E-state index >= 15 is 0 Å². The fourth-order valence-electron chi connectivity index (χ4n) is 5.08. The average Bonchev–Trinajstić information content (AvgIpc) is 3.18. The average molecular weight is 481 g/mol. The summed E-state index contributed by atoms with van der Waals surface area (Å²) >= 11 is 0. The molecule has 1 heterocycles. The molecule has 1 fully saturated rings. The van der Waals surface area contributed by atoms with E-state index in [-0.39, 0.29) is 38.0 Å². The quantitative estimate of drug-likeness (QED) is 0.560. The minimum absolute atomic E-state index is 0.00449. The van der Waals surface area contributed by atoms with Crippen LogP contribution in [-0.4, -0.2) is 64.9 Å². The number of carbonyl (C=O) groups is 3. The van der Waals surface area contributed by atoms with E-state index in [2.05, 4.69) is 17.4 Å². The van der Waals surface area contributed by atoms with E-state index in [1.807, 2.05) is 50.2 Å². The number of ether oxygens (including phenoxy) is 1. The Labute approximate surface area is 204 Å². The van der Waals surface area contributed by atoms with Gasteiger partial charge in [-0.3, -0.25) is 9.59 Å². The molecule has 4 rings (SSSR count). The van der Waals surface area contributed by atoms with Crippen LogP contribution in [-0.2, 0) is 14.3 Å². The van der Waals surface area contributed by atoms with Crippen LogP contribution in [0.5, 0.6) is 0 Å². The number of carbonyl (C=O) groups excluding carboxylic acids is 2. The zero-order valence-corrected chi connectivity index (χ0v) is 20.0. The first-order chi connectivity index (χ1) is 16.8. The molecule has 2 aliphatic rings. The van der Waals surface area contributed by atoms with Crippen molar-refractivity contribution in [2.24, 2.45) is 11.8 Å². The van der Waals surface area contributed by atoms with Crippen molar-refractivity contribution in [1.29, 1.82) is 0 Å². The highest BCUT2D eigenvalue weighted by Crippen LogP contribution is 2.44. The summed E-state index contributed by atoms with van der Waals surface area (Å²) in [5.41, 5.74) is 4.44. The number of likely N-dealkylation sites (tertiary alicyclic amines) is 1. The Hall–Kier alpha value is -3.39. The van der Waals surface area contributed by atoms with Crippen molar-refractivity contribution in [3.8, 4) is 11.1 Å². The summed E-state index contributed by atoms with van der Waals surface area (Å²) in [5.74, 6) is -2.59. The number of rotatable bonds is 7. The lowest BCUT2D eigenvalue weighted by Crippen LogP contribution is -2.56. The molecule has 1 aliphatic heterocycles. The van der Waals surface area contributed by atoms with Crippen molar-refractivity contribution in [3.63, 3.8) is 0 Å². The molecule has 1 aliphatic carbocycles. The lowest BCUT2D eigenvalue weighted by atomic mass is 9.93. The van der Waals surface area contributed by atoms with Gasteiger partial charge in [0.15, 0.2) is 0 Å². The van der Waals surface area contributed by atoms with E-state index in [9.17, 15) is 24.6 Å². The highest BCUT2D eigenvalue weighted by atomic mass is 16.5. The first kappa shape index (κ1) is 24.7. The maximum absolute atomic E-state index is 13.3. The number of aliphatic carboxylic acids is 1. The number of nitrogens with one attached hydrogen (secondary N) is 1. The van der Waals surface area contributed by atoms with Crippen molar-refractivity contribution in [2.75, 3.05) is 19.7 Å². The number of alkyl carbamates (subject to hydrolysis) is 1. The second kappa shape index (κ2) is 10.5. The normalized spacial score (nSPS) is 20.9. The third-order valence-electron chi connectivity index (χ3n) is 7.19. The minimum Gasteiger partial charge on any atom is -0.481 e. The van der Waals surface area contributed by atoms with Gasteiger partial charge in [-0.15, -0.1) is 0 Å². The zero-order valence-electron chi connectivity index (χ0n) is 20.0. The molecule has 8 nitrogen and oxygen atoms in total. The number of β-amino-alcohol motifs (C(OH)–C–C–N with tert-alkyl or cyclic N) is 1. The van der Waals surface area contributed by atoms with Crippen LogP contribution in [0.2, 0.25) is 0 Å². The van der Waals surface area contributed by atoms with Crippen molar-refractivity contribution in [3.05, 3.63) is 59.7 Å². The van der Waals surface area contributed by atoms with Gasteiger partial charge in [-0.25, -0.2) is 4.79 Å². The first-order valence-corrected chi connectivity index (χ1v) is 12.1. The number of carboxylic acids is 1. The van der Waals surface area contributed by atoms with Gasteiger partial charge in [0.05, 0.1) is 12.0 Å². The maximum Gasteiger partial charge on any atom is 0.407 e. The molecule has 2 amide bonds. The molecule has 0 radical (unpaired) electrons. The van der Waals surface area contributed by atoms with Crippen molar-refractivity contribution < 1.29 is 29.3 Å². The summed E-state index contributed by atoms with van der Waals surface area (Å²) in [4.78, 5) is 38.9. The monoisotopic (exact) mass is 480 g/mol. The van der Waals surface area contributed by atoms with Crippen LogP contribution in [0, 0.1) is 11.8 Å². The van der Waals surface area contributed by atoms with Crippen LogP contribution in [0.25, 0.3) is 11.1 Å². The number of hydrogen-bond acceptors (Lipinski definition) is 5. The number of nitrogens with zero attached hydrogens (tertiary/aromatic N) is 1. The Morgan fingerprint density at radius 2 is 1.66 bits per heavy atom. The molecule has 2 aromatic rings. The van der Waals surface area contributed by atoms with Crippen molar-refractivity contribution in [1.82, 2.24) is 10.2 Å². The summed E-state index contributed by atoms with van der Waals surface area (Å²) in [6, 6.07) is 15.2. The van der Waals surface area contributed by atoms with Gasteiger partial charge in [0.2, 0.25) is 5.91 Å². The molecule has 0 saturated carbocycles. The summed E-state index contributed by atoms with van der Waals surface area (Å²) in [6.45, 7) is 3.94. The van der Waals surface area contributed by atoms with Crippen LogP contribution in [0.3, 0.4) is 0 Å². The molecule has 4 atom stereocenters. The van der Waals surface area contributed by atoms with Crippen molar-refractivity contribution in [2.45, 2.75) is 44.8 Å². The summed E-state index contributed by atoms with van der Waals surface area (Å²) in [6.07, 6.45) is -0.884. The Bertz CT molecular complexity index is 1060. The lowest BCUT2D eigenvalue weighted by Gasteiger charge is -2.37. The second-order valence-electron chi connectivity index (χ2n) is 9.50. The van der Waals surface area contributed by atoms with Gasteiger partial charge in [0, 0.05) is 19.0 Å². The molecular weight excluding hydrogens is 448 g/mol. The summed E-state index contributed by atoms with van der Waals surface area (Å²) in [5, 5.41) is 22.2. The molecule has 186 valence electrons. The van der Waals surface area contributed by atoms with E-state index in [4.69, 9.17) is 4.74 Å². The highest BCUT2D eigenvalue weighted by Gasteiger charge is 2.38. The standard InChI is InChI=1S/C27H32N2O6/c1-3-16(2)24(25(31)29-13-17(26(32)33)12-18(30)14-29)28-27(34)35-15-23-21-10-6-4-8-19(21)20-9-5-7-11-22(20)23/h4-11,16-18,23-24,30H,3,12-15H2,1-2H3,(H,28,34)(H,32,33)/t16-,17?,18?,24-/m0/s1. The predicted octanol–water partition coefficient (Wildman–Crippen LogP) is 3.23. The highest BCUT2D eigenvalue weighted by molar-refractivity contribution is 5.87. The Morgan fingerprint density at radius 1 is 1.06 bits per heavy atom. The van der Waals surface area contributed by atoms with Crippen LogP contribution >= 0.6 is 0 Å².